The first-order valence-corrected chi connectivity index (χ1v) is 5.41. The molecule has 2 N–H and O–H groups in total. The fraction of sp³-hybridized carbons (Fsp3) is 0.167. The van der Waals surface area contributed by atoms with Crippen LogP contribution in [0.5, 0.6) is 5.75 Å². The average Bonchev–Trinajstić information content (AvgIpc) is 2.73. The van der Waals surface area contributed by atoms with Crippen molar-refractivity contribution in [2.75, 3.05) is 5.73 Å². The number of hydrogen-bond acceptors (Lipinski definition) is 4. The molecule has 0 saturated carbocycles. The Morgan fingerprint density at radius 2 is 2.11 bits per heavy atom. The number of ether oxygens (including phenoxy) is 1. The minimum absolute atomic E-state index is 0.253. The first kappa shape index (κ1) is 12.1. The Bertz CT molecular complexity index is 563. The van der Waals surface area contributed by atoms with Crippen molar-refractivity contribution in [3.05, 3.63) is 41.8 Å². The normalized spacial score (nSPS) is 10.3. The smallest absolute Gasteiger partial charge is 0.362 e. The molecule has 1 aromatic carbocycles. The average molecular weight is 249 g/mol. The highest BCUT2D eigenvalue weighted by molar-refractivity contribution is 5.90. The number of aryl methyl sites for hydroxylation is 1. The molecule has 1 heterocycles. The Morgan fingerprint density at radius 1 is 1.44 bits per heavy atom. The van der Waals surface area contributed by atoms with Crippen LogP contribution in [0, 0.1) is 5.82 Å². The molecular formula is C12H12FN3O2. The van der Waals surface area contributed by atoms with Crippen molar-refractivity contribution in [3.8, 4) is 5.75 Å². The molecule has 2 rings (SSSR count). The van der Waals surface area contributed by atoms with Crippen molar-refractivity contribution in [3.63, 3.8) is 0 Å². The largest absolute Gasteiger partial charge is 0.422 e. The second kappa shape index (κ2) is 4.87. The second-order valence-corrected chi connectivity index (χ2v) is 3.61. The summed E-state index contributed by atoms with van der Waals surface area (Å²) in [5, 5.41) is 3.94. The molecule has 0 spiro atoms. The number of anilines is 1. The molecule has 0 bridgehead atoms. The van der Waals surface area contributed by atoms with E-state index >= 15 is 0 Å². The highest BCUT2D eigenvalue weighted by Gasteiger charge is 2.15. The summed E-state index contributed by atoms with van der Waals surface area (Å²) in [6.07, 6.45) is 0. The monoisotopic (exact) mass is 249 g/mol. The van der Waals surface area contributed by atoms with Gasteiger partial charge in [-0.05, 0) is 31.2 Å². The molecule has 94 valence electrons. The lowest BCUT2D eigenvalue weighted by Gasteiger charge is -2.05. The third-order valence-corrected chi connectivity index (χ3v) is 2.33. The number of nitrogen functional groups attached to an aromatic ring is 1. The van der Waals surface area contributed by atoms with Gasteiger partial charge in [-0.15, -0.1) is 0 Å². The van der Waals surface area contributed by atoms with Crippen LogP contribution < -0.4 is 10.5 Å². The number of hydrogen-bond donors (Lipinski definition) is 1. The van der Waals surface area contributed by atoms with Crippen molar-refractivity contribution < 1.29 is 13.9 Å². The molecule has 0 aliphatic heterocycles. The molecule has 0 aliphatic rings. The second-order valence-electron chi connectivity index (χ2n) is 3.61. The lowest BCUT2D eigenvalue weighted by atomic mass is 10.3. The van der Waals surface area contributed by atoms with Gasteiger partial charge in [0.05, 0.1) is 0 Å². The van der Waals surface area contributed by atoms with E-state index in [4.69, 9.17) is 10.5 Å². The van der Waals surface area contributed by atoms with Crippen LogP contribution in [0.15, 0.2) is 30.3 Å². The number of rotatable bonds is 3. The summed E-state index contributed by atoms with van der Waals surface area (Å²) in [6, 6.07) is 6.63. The van der Waals surface area contributed by atoms with Gasteiger partial charge in [0.2, 0.25) is 0 Å². The standard InChI is InChI=1S/C12H12FN3O2/c1-2-16-10(7-11(14)15-16)12(17)18-9-5-3-8(13)4-6-9/h3-7H,2H2,1H3,(H2,14,15). The molecule has 6 heteroatoms. The summed E-state index contributed by atoms with van der Waals surface area (Å²) in [5.41, 5.74) is 5.78. The van der Waals surface area contributed by atoms with Gasteiger partial charge >= 0.3 is 5.97 Å². The number of esters is 1. The zero-order chi connectivity index (χ0) is 13.1. The molecule has 0 radical (unpaired) electrons. The van der Waals surface area contributed by atoms with E-state index < -0.39 is 11.8 Å². The predicted octanol–water partition coefficient (Wildman–Crippen LogP) is 1.84. The molecule has 0 aliphatic carbocycles. The van der Waals surface area contributed by atoms with Gasteiger partial charge in [-0.1, -0.05) is 0 Å². The van der Waals surface area contributed by atoms with Gasteiger partial charge in [0.1, 0.15) is 23.1 Å². The van der Waals surface area contributed by atoms with E-state index in [2.05, 4.69) is 5.10 Å². The quantitative estimate of drug-likeness (QED) is 0.665. The van der Waals surface area contributed by atoms with Crippen molar-refractivity contribution in [1.82, 2.24) is 9.78 Å². The SMILES string of the molecule is CCn1nc(N)cc1C(=O)Oc1ccc(F)cc1. The molecule has 5 nitrogen and oxygen atoms in total. The minimum Gasteiger partial charge on any atom is -0.422 e. The first-order chi connectivity index (χ1) is 8.60. The van der Waals surface area contributed by atoms with Crippen LogP contribution in [0.25, 0.3) is 0 Å². The van der Waals surface area contributed by atoms with Crippen molar-refractivity contribution >= 4 is 11.8 Å². The predicted molar refractivity (Wildman–Crippen MR) is 63.7 cm³/mol. The molecule has 18 heavy (non-hydrogen) atoms. The Hall–Kier alpha value is -2.37. The Labute approximate surface area is 103 Å². The van der Waals surface area contributed by atoms with Gasteiger partial charge in [-0.2, -0.15) is 5.10 Å². The highest BCUT2D eigenvalue weighted by atomic mass is 19.1. The highest BCUT2D eigenvalue weighted by Crippen LogP contribution is 2.14. The maximum atomic E-state index is 12.7. The molecule has 0 amide bonds. The third kappa shape index (κ3) is 2.48. The van der Waals surface area contributed by atoms with E-state index in [1.165, 1.54) is 35.0 Å². The van der Waals surface area contributed by atoms with Crippen molar-refractivity contribution in [2.45, 2.75) is 13.5 Å². The Balaban J connectivity index is 2.19. The van der Waals surface area contributed by atoms with Crippen molar-refractivity contribution in [1.29, 1.82) is 0 Å². The molecular weight excluding hydrogens is 237 g/mol. The van der Waals surface area contributed by atoms with E-state index in [1.807, 2.05) is 6.92 Å². The zero-order valence-electron chi connectivity index (χ0n) is 9.76. The first-order valence-electron chi connectivity index (χ1n) is 5.41. The van der Waals surface area contributed by atoms with E-state index in [-0.39, 0.29) is 17.3 Å². The summed E-state index contributed by atoms with van der Waals surface area (Å²) in [4.78, 5) is 11.9. The van der Waals surface area contributed by atoms with E-state index in [1.54, 1.807) is 0 Å². The van der Waals surface area contributed by atoms with E-state index in [9.17, 15) is 9.18 Å². The van der Waals surface area contributed by atoms with Gasteiger partial charge in [-0.25, -0.2) is 9.18 Å². The number of carbonyl (C=O) groups excluding carboxylic acids is 1. The fourth-order valence-corrected chi connectivity index (χ4v) is 1.50. The van der Waals surface area contributed by atoms with Gasteiger partial charge < -0.3 is 10.5 Å². The van der Waals surface area contributed by atoms with Crippen molar-refractivity contribution in [2.24, 2.45) is 0 Å². The fourth-order valence-electron chi connectivity index (χ4n) is 1.50. The molecule has 0 saturated heterocycles. The van der Waals surface area contributed by atoms with Gasteiger partial charge in [0.25, 0.3) is 0 Å². The van der Waals surface area contributed by atoms with E-state index in [0.717, 1.165) is 0 Å². The van der Waals surface area contributed by atoms with E-state index in [0.29, 0.717) is 6.54 Å². The molecule has 0 unspecified atom stereocenters. The Morgan fingerprint density at radius 3 is 2.72 bits per heavy atom. The number of halogens is 1. The third-order valence-electron chi connectivity index (χ3n) is 2.33. The van der Waals surface area contributed by atoms with Crippen LogP contribution in [0.1, 0.15) is 17.4 Å². The van der Waals surface area contributed by atoms with Gasteiger partial charge in [0, 0.05) is 12.6 Å². The van der Waals surface area contributed by atoms with Crippen LogP contribution in [0.2, 0.25) is 0 Å². The number of nitrogens with zero attached hydrogens (tertiary/aromatic N) is 2. The molecule has 0 atom stereocenters. The molecule has 0 fully saturated rings. The molecule has 2 aromatic rings. The summed E-state index contributed by atoms with van der Waals surface area (Å²) in [5.74, 6) is -0.447. The van der Waals surface area contributed by atoms with Crippen LogP contribution in [0.3, 0.4) is 0 Å². The maximum absolute atomic E-state index is 12.7. The van der Waals surface area contributed by atoms with Crippen LogP contribution in [-0.2, 0) is 6.54 Å². The van der Waals surface area contributed by atoms with Crippen LogP contribution in [0.4, 0.5) is 10.2 Å². The lowest BCUT2D eigenvalue weighted by Crippen LogP contribution is -2.15. The lowest BCUT2D eigenvalue weighted by molar-refractivity contribution is 0.0721. The number of aromatic nitrogens is 2. The summed E-state index contributed by atoms with van der Waals surface area (Å²) in [7, 11) is 0. The van der Waals surface area contributed by atoms with Gasteiger partial charge in [0.15, 0.2) is 0 Å². The van der Waals surface area contributed by atoms with Crippen LogP contribution >= 0.6 is 0 Å². The van der Waals surface area contributed by atoms with Gasteiger partial charge in [-0.3, -0.25) is 4.68 Å². The summed E-state index contributed by atoms with van der Waals surface area (Å²) in [6.45, 7) is 2.34. The number of carbonyl (C=O) groups is 1. The molecule has 1 aromatic heterocycles. The number of benzene rings is 1. The maximum Gasteiger partial charge on any atom is 0.362 e. The van der Waals surface area contributed by atoms with Crippen LogP contribution in [-0.4, -0.2) is 15.7 Å². The summed E-state index contributed by atoms with van der Waals surface area (Å²) >= 11 is 0. The zero-order valence-corrected chi connectivity index (χ0v) is 9.76. The minimum atomic E-state index is -0.576. The number of nitrogens with two attached hydrogens (primary N) is 1. The topological polar surface area (TPSA) is 70.1 Å². The summed E-state index contributed by atoms with van der Waals surface area (Å²) < 4.78 is 19.2. The Kier molecular flexibility index (Phi) is 3.27.